The average molecular weight is 517 g/mol. The van der Waals surface area contributed by atoms with Gasteiger partial charge in [-0.3, -0.25) is 4.18 Å². The Morgan fingerprint density at radius 1 is 1.22 bits per heavy atom. The number of carbonyl (C=O) groups excluding carboxylic acids is 1. The first-order valence-electron chi connectivity index (χ1n) is 9.98. The summed E-state index contributed by atoms with van der Waals surface area (Å²) in [5.74, 6) is 0. The van der Waals surface area contributed by atoms with Crippen LogP contribution < -0.4 is 0 Å². The molecule has 2 aromatic heterocycles. The number of thioether (sulfide) groups is 3. The summed E-state index contributed by atoms with van der Waals surface area (Å²) in [6.07, 6.45) is 6.05. The van der Waals surface area contributed by atoms with Gasteiger partial charge in [0.15, 0.2) is 0 Å². The summed E-state index contributed by atoms with van der Waals surface area (Å²) in [7, 11) is -3.49. The lowest BCUT2D eigenvalue weighted by Gasteiger charge is -2.14. The van der Waals surface area contributed by atoms with Crippen molar-refractivity contribution in [2.24, 2.45) is 0 Å². The summed E-state index contributed by atoms with van der Waals surface area (Å²) in [5.41, 5.74) is -0.239. The summed E-state index contributed by atoms with van der Waals surface area (Å²) < 4.78 is 26.7. The average Bonchev–Trinajstić information content (AvgIpc) is 3.04. The number of nitrogens with zero attached hydrogens (tertiary/aromatic N) is 2. The Labute approximate surface area is 202 Å². The first-order chi connectivity index (χ1) is 15.2. The van der Waals surface area contributed by atoms with Crippen molar-refractivity contribution in [1.29, 1.82) is 0 Å². The third kappa shape index (κ3) is 10.7. The maximum absolute atomic E-state index is 11.0. The number of hydrogen-bond acceptors (Lipinski definition) is 10. The maximum atomic E-state index is 11.0. The van der Waals surface area contributed by atoms with Crippen LogP contribution in [0.3, 0.4) is 0 Å². The van der Waals surface area contributed by atoms with Crippen LogP contribution in [0.4, 0.5) is 0 Å². The molecular formula is C21H28N2O5S4. The van der Waals surface area contributed by atoms with Crippen molar-refractivity contribution in [3.63, 3.8) is 0 Å². The molecule has 5 unspecified atom stereocenters. The van der Waals surface area contributed by atoms with Crippen molar-refractivity contribution in [1.82, 2.24) is 9.97 Å². The van der Waals surface area contributed by atoms with Gasteiger partial charge in [0, 0.05) is 22.9 Å². The van der Waals surface area contributed by atoms with Gasteiger partial charge in [-0.25, -0.2) is 9.97 Å². The van der Waals surface area contributed by atoms with Gasteiger partial charge in [0.1, 0.15) is 11.7 Å². The van der Waals surface area contributed by atoms with E-state index in [1.165, 1.54) is 11.8 Å². The van der Waals surface area contributed by atoms with E-state index in [1.54, 1.807) is 55.0 Å². The second-order valence-electron chi connectivity index (χ2n) is 7.20. The van der Waals surface area contributed by atoms with Crippen molar-refractivity contribution in [2.75, 3.05) is 6.26 Å². The van der Waals surface area contributed by atoms with E-state index in [9.17, 15) is 18.3 Å². The zero-order valence-corrected chi connectivity index (χ0v) is 21.4. The van der Waals surface area contributed by atoms with E-state index in [-0.39, 0.29) is 10.7 Å². The van der Waals surface area contributed by atoms with Crippen molar-refractivity contribution in [3.05, 3.63) is 48.8 Å². The molecule has 2 aromatic rings. The lowest BCUT2D eigenvalue weighted by atomic mass is 10.2. The summed E-state index contributed by atoms with van der Waals surface area (Å²) >= 11 is 4.62. The summed E-state index contributed by atoms with van der Waals surface area (Å²) in [4.78, 5) is 19.3. The van der Waals surface area contributed by atoms with Gasteiger partial charge in [-0.05, 0) is 44.0 Å². The SMILES string of the molecule is CC(CC(C=O)Sc1ccccn1)OS(C)(=O)=O.CC1CC(Sc2ccccn2)C(O)S1. The van der Waals surface area contributed by atoms with E-state index < -0.39 is 16.2 Å². The van der Waals surface area contributed by atoms with Crippen molar-refractivity contribution >= 4 is 51.7 Å². The van der Waals surface area contributed by atoms with Crippen LogP contribution in [-0.4, -0.2) is 63.3 Å². The van der Waals surface area contributed by atoms with E-state index in [0.29, 0.717) is 16.9 Å². The highest BCUT2D eigenvalue weighted by Crippen LogP contribution is 2.41. The number of carbonyl (C=O) groups is 1. The maximum Gasteiger partial charge on any atom is 0.264 e. The van der Waals surface area contributed by atoms with E-state index in [0.717, 1.165) is 29.0 Å². The molecule has 0 amide bonds. The quantitative estimate of drug-likeness (QED) is 0.300. The molecule has 1 aliphatic rings. The van der Waals surface area contributed by atoms with Crippen LogP contribution in [0.1, 0.15) is 26.7 Å². The zero-order valence-electron chi connectivity index (χ0n) is 18.1. The number of pyridine rings is 2. The van der Waals surface area contributed by atoms with Crippen LogP contribution in [0.25, 0.3) is 0 Å². The highest BCUT2D eigenvalue weighted by molar-refractivity contribution is 8.04. The molecule has 0 aliphatic carbocycles. The second-order valence-corrected chi connectivity index (χ2v) is 12.9. The van der Waals surface area contributed by atoms with Gasteiger partial charge >= 0.3 is 0 Å². The Morgan fingerprint density at radius 2 is 1.84 bits per heavy atom. The molecule has 3 heterocycles. The third-order valence-corrected chi connectivity index (χ3v) is 8.57. The second kappa shape index (κ2) is 13.6. The third-order valence-electron chi connectivity index (χ3n) is 4.13. The van der Waals surface area contributed by atoms with Crippen LogP contribution in [0.5, 0.6) is 0 Å². The number of aromatic nitrogens is 2. The van der Waals surface area contributed by atoms with E-state index in [4.69, 9.17) is 4.18 Å². The van der Waals surface area contributed by atoms with Gasteiger partial charge < -0.3 is 9.90 Å². The lowest BCUT2D eigenvalue weighted by Crippen LogP contribution is -2.20. The lowest BCUT2D eigenvalue weighted by molar-refractivity contribution is -0.107. The molecule has 0 saturated carbocycles. The number of hydrogen-bond donors (Lipinski definition) is 1. The Balaban J connectivity index is 0.000000233. The molecule has 1 fully saturated rings. The van der Waals surface area contributed by atoms with Crippen molar-refractivity contribution in [2.45, 2.75) is 64.0 Å². The highest BCUT2D eigenvalue weighted by atomic mass is 32.2. The number of aldehydes is 1. The van der Waals surface area contributed by atoms with Crippen LogP contribution in [0, 0.1) is 0 Å². The molecule has 1 aliphatic heterocycles. The zero-order chi connectivity index (χ0) is 23.6. The molecule has 32 heavy (non-hydrogen) atoms. The molecule has 0 spiro atoms. The molecule has 3 rings (SSSR count). The molecule has 0 aromatic carbocycles. The topological polar surface area (TPSA) is 106 Å². The molecular weight excluding hydrogens is 489 g/mol. The monoisotopic (exact) mass is 516 g/mol. The highest BCUT2D eigenvalue weighted by Gasteiger charge is 2.32. The molecule has 0 bridgehead atoms. The largest absolute Gasteiger partial charge is 0.381 e. The van der Waals surface area contributed by atoms with Gasteiger partial charge in [-0.15, -0.1) is 11.8 Å². The normalized spacial score (nSPS) is 22.4. The van der Waals surface area contributed by atoms with Crippen LogP contribution in [0.15, 0.2) is 58.8 Å². The van der Waals surface area contributed by atoms with E-state index in [1.807, 2.05) is 24.3 Å². The van der Waals surface area contributed by atoms with Gasteiger partial charge in [-0.1, -0.05) is 42.6 Å². The van der Waals surface area contributed by atoms with Crippen LogP contribution >= 0.6 is 35.3 Å². The molecule has 1 saturated heterocycles. The Bertz CT molecular complexity index is 918. The molecule has 0 radical (unpaired) electrons. The fourth-order valence-electron chi connectivity index (χ4n) is 2.87. The van der Waals surface area contributed by atoms with Crippen molar-refractivity contribution < 1.29 is 22.5 Å². The van der Waals surface area contributed by atoms with Crippen LogP contribution in [-0.2, 0) is 19.1 Å². The number of rotatable bonds is 9. The summed E-state index contributed by atoms with van der Waals surface area (Å²) in [6, 6.07) is 11.3. The Hall–Kier alpha value is -1.11. The fourth-order valence-corrected chi connectivity index (χ4v) is 7.21. The first kappa shape index (κ1) is 27.1. The predicted octanol–water partition coefficient (Wildman–Crippen LogP) is 3.88. The number of aliphatic hydroxyl groups excluding tert-OH is 1. The van der Waals surface area contributed by atoms with Gasteiger partial charge in [0.05, 0.1) is 27.7 Å². The van der Waals surface area contributed by atoms with Crippen LogP contribution in [0.2, 0.25) is 0 Å². The summed E-state index contributed by atoms with van der Waals surface area (Å²) in [5, 5.41) is 11.9. The molecule has 11 heteroatoms. The molecule has 1 N–H and O–H groups in total. The minimum absolute atomic E-state index is 0.239. The first-order valence-corrected chi connectivity index (χ1v) is 14.5. The van der Waals surface area contributed by atoms with Gasteiger partial charge in [-0.2, -0.15) is 8.42 Å². The predicted molar refractivity (Wildman–Crippen MR) is 132 cm³/mol. The molecule has 5 atom stereocenters. The van der Waals surface area contributed by atoms with E-state index >= 15 is 0 Å². The Morgan fingerprint density at radius 3 is 2.31 bits per heavy atom. The molecule has 7 nitrogen and oxygen atoms in total. The minimum atomic E-state index is -3.49. The fraction of sp³-hybridized carbons (Fsp3) is 0.476. The van der Waals surface area contributed by atoms with E-state index in [2.05, 4.69) is 16.9 Å². The van der Waals surface area contributed by atoms with Crippen molar-refractivity contribution in [3.8, 4) is 0 Å². The van der Waals surface area contributed by atoms with Gasteiger partial charge in [0.25, 0.3) is 10.1 Å². The standard InChI is InChI=1S/C11H15NO4S2.C10H13NOS2/c1-9(16-18(2,14)15)7-10(8-13)17-11-5-3-4-6-12-11;1-7-6-8(10(12)13-7)14-9-4-2-3-5-11-9/h3-6,8-10H,7H2,1-2H3;2-5,7-8,10,12H,6H2,1H3. The molecule has 176 valence electrons. The minimum Gasteiger partial charge on any atom is -0.381 e. The van der Waals surface area contributed by atoms with Gasteiger partial charge in [0.2, 0.25) is 0 Å². The summed E-state index contributed by atoms with van der Waals surface area (Å²) in [6.45, 7) is 3.78. The smallest absolute Gasteiger partial charge is 0.264 e. The number of aliphatic hydroxyl groups is 1. The Kier molecular flexibility index (Phi) is 11.5.